The van der Waals surface area contributed by atoms with Crippen molar-refractivity contribution in [3.63, 3.8) is 0 Å². The van der Waals surface area contributed by atoms with Gasteiger partial charge in [0.1, 0.15) is 6.10 Å². The zero-order chi connectivity index (χ0) is 34.2. The van der Waals surface area contributed by atoms with Crippen LogP contribution >= 0.6 is 0 Å². The van der Waals surface area contributed by atoms with E-state index < -0.39 is 36.2 Å². The van der Waals surface area contributed by atoms with Crippen LogP contribution in [0.15, 0.2) is 24.3 Å². The zero-order valence-electron chi connectivity index (χ0n) is 28.1. The molecule has 0 saturated heterocycles. The third kappa shape index (κ3) is 22.8. The van der Waals surface area contributed by atoms with Crippen molar-refractivity contribution in [1.29, 1.82) is 0 Å². The molecule has 10 heteroatoms. The first kappa shape index (κ1) is 43.4. The maximum absolute atomic E-state index is 11.6. The summed E-state index contributed by atoms with van der Waals surface area (Å²) in [5.74, 6) is -1.08. The average molecular weight is 629 g/mol. The van der Waals surface area contributed by atoms with Crippen LogP contribution in [0.5, 0.6) is 0 Å². The molecular formula is C34H60O10. The number of carboxylic acid groups (broad SMARTS) is 2. The van der Waals surface area contributed by atoms with E-state index in [2.05, 4.69) is 32.1 Å². The van der Waals surface area contributed by atoms with Gasteiger partial charge < -0.3 is 29.9 Å². The SMILES string of the molecule is C=C(CCC(O)[C@H](O)CC(C)C(=O)O)C(OC(C)=O)C(C)CC1CCCCC1.CCC(C)CC(C)/C=C/C(=O)O.COC=O. The number of esters is 1. The Hall–Kier alpha value is -2.72. The smallest absolute Gasteiger partial charge is 0.327 e. The van der Waals surface area contributed by atoms with Crippen molar-refractivity contribution in [2.75, 3.05) is 7.11 Å². The van der Waals surface area contributed by atoms with E-state index in [4.69, 9.17) is 19.7 Å². The Balaban J connectivity index is 0. The predicted molar refractivity (Wildman–Crippen MR) is 171 cm³/mol. The van der Waals surface area contributed by atoms with Gasteiger partial charge in [-0.3, -0.25) is 14.4 Å². The minimum absolute atomic E-state index is 0.00552. The summed E-state index contributed by atoms with van der Waals surface area (Å²) in [7, 11) is 1.31. The predicted octanol–water partition coefficient (Wildman–Crippen LogP) is 6.18. The number of aliphatic hydroxyl groups excluding tert-OH is 2. The minimum Gasteiger partial charge on any atom is -0.481 e. The van der Waals surface area contributed by atoms with Crippen LogP contribution < -0.4 is 0 Å². The molecule has 0 aromatic heterocycles. The number of allylic oxidation sites excluding steroid dienone is 1. The molecule has 1 aliphatic carbocycles. The number of carbonyl (C=O) groups is 4. The molecule has 1 saturated carbocycles. The zero-order valence-corrected chi connectivity index (χ0v) is 28.1. The molecule has 10 nitrogen and oxygen atoms in total. The first-order valence-electron chi connectivity index (χ1n) is 15.9. The summed E-state index contributed by atoms with van der Waals surface area (Å²) >= 11 is 0. The second-order valence-corrected chi connectivity index (χ2v) is 12.3. The summed E-state index contributed by atoms with van der Waals surface area (Å²) in [6.07, 6.45) is 10.6. The van der Waals surface area contributed by atoms with Crippen LogP contribution in [0.1, 0.15) is 112 Å². The van der Waals surface area contributed by atoms with E-state index in [-0.39, 0.29) is 24.7 Å². The number of aliphatic hydroxyl groups is 2. The molecule has 0 radical (unpaired) electrons. The summed E-state index contributed by atoms with van der Waals surface area (Å²) in [6, 6.07) is 0. The maximum atomic E-state index is 11.6. The summed E-state index contributed by atoms with van der Waals surface area (Å²) in [5.41, 5.74) is 0.732. The molecule has 0 amide bonds. The quantitative estimate of drug-likeness (QED) is 0.0595. The highest BCUT2D eigenvalue weighted by atomic mass is 16.5. The monoisotopic (exact) mass is 628 g/mol. The number of hydrogen-bond acceptors (Lipinski definition) is 8. The second-order valence-electron chi connectivity index (χ2n) is 12.3. The largest absolute Gasteiger partial charge is 0.481 e. The molecule has 1 rings (SSSR count). The minimum atomic E-state index is -1.11. The molecule has 0 heterocycles. The molecule has 44 heavy (non-hydrogen) atoms. The number of rotatable bonds is 18. The lowest BCUT2D eigenvalue weighted by Gasteiger charge is -2.31. The van der Waals surface area contributed by atoms with Gasteiger partial charge in [-0.2, -0.15) is 0 Å². The fourth-order valence-corrected chi connectivity index (χ4v) is 5.27. The molecular weight excluding hydrogens is 568 g/mol. The Kier molecular flexibility index (Phi) is 25.2. The van der Waals surface area contributed by atoms with Crippen LogP contribution in [0.3, 0.4) is 0 Å². The standard InChI is InChI=1S/C22H38O6.C10H18O2.C2H4O2/c1-14(10-11-19(24)20(25)13-16(3)22(26)27)21(28-17(4)23)15(2)12-18-8-6-5-7-9-18;1-4-8(2)7-9(3)5-6-10(11)12;1-4-2-3/h15-16,18-21,24-25H,1,5-13H2,2-4H3,(H,26,27);5-6,8-9H,4,7H2,1-3H3,(H,11,12);2H,1H3/b;6-5+;/t15?,16?,19?,20-,21?;;/m1../s1. The number of ether oxygens (including phenoxy) is 2. The molecule has 6 unspecified atom stereocenters. The lowest BCUT2D eigenvalue weighted by atomic mass is 9.80. The lowest BCUT2D eigenvalue weighted by molar-refractivity contribution is -0.147. The van der Waals surface area contributed by atoms with E-state index in [0.29, 0.717) is 30.6 Å². The van der Waals surface area contributed by atoms with Crippen LogP contribution in [0.25, 0.3) is 0 Å². The Bertz CT molecular complexity index is 849. The molecule has 0 aliphatic heterocycles. The van der Waals surface area contributed by atoms with Crippen molar-refractivity contribution in [2.24, 2.45) is 29.6 Å². The van der Waals surface area contributed by atoms with Crippen molar-refractivity contribution < 1.29 is 49.1 Å². The summed E-state index contributed by atoms with van der Waals surface area (Å²) in [6.45, 7) is 15.8. The molecule has 0 bridgehead atoms. The van der Waals surface area contributed by atoms with Gasteiger partial charge in [0.25, 0.3) is 6.47 Å². The molecule has 7 atom stereocenters. The van der Waals surface area contributed by atoms with Gasteiger partial charge in [-0.15, -0.1) is 0 Å². The van der Waals surface area contributed by atoms with E-state index in [1.165, 1.54) is 59.1 Å². The molecule has 0 spiro atoms. The average Bonchev–Trinajstić information content (AvgIpc) is 2.97. The Labute approximate surface area is 264 Å². The molecule has 256 valence electrons. The number of hydrogen-bond donors (Lipinski definition) is 4. The van der Waals surface area contributed by atoms with Gasteiger partial charge in [0.2, 0.25) is 0 Å². The maximum Gasteiger partial charge on any atom is 0.327 e. The van der Waals surface area contributed by atoms with Crippen molar-refractivity contribution in [3.05, 3.63) is 24.3 Å². The number of carboxylic acids is 2. The highest BCUT2D eigenvalue weighted by Gasteiger charge is 2.28. The molecule has 1 fully saturated rings. The van der Waals surface area contributed by atoms with E-state index in [9.17, 15) is 24.6 Å². The van der Waals surface area contributed by atoms with Crippen LogP contribution in [-0.4, -0.2) is 70.2 Å². The van der Waals surface area contributed by atoms with Crippen molar-refractivity contribution in [3.8, 4) is 0 Å². The molecule has 1 aliphatic rings. The second kappa shape index (κ2) is 25.6. The Morgan fingerprint density at radius 1 is 0.977 bits per heavy atom. The molecule has 0 aromatic rings. The fourth-order valence-electron chi connectivity index (χ4n) is 5.27. The van der Waals surface area contributed by atoms with Gasteiger partial charge in [-0.1, -0.05) is 85.8 Å². The number of carbonyl (C=O) groups excluding carboxylic acids is 2. The van der Waals surface area contributed by atoms with E-state index >= 15 is 0 Å². The van der Waals surface area contributed by atoms with Gasteiger partial charge in [-0.05, 0) is 61.3 Å². The van der Waals surface area contributed by atoms with Gasteiger partial charge in [0, 0.05) is 13.0 Å². The molecule has 0 aromatic carbocycles. The Morgan fingerprint density at radius 2 is 1.55 bits per heavy atom. The normalized spacial score (nSPS) is 18.0. The first-order valence-corrected chi connectivity index (χ1v) is 15.9. The highest BCUT2D eigenvalue weighted by Crippen LogP contribution is 2.33. The van der Waals surface area contributed by atoms with Gasteiger partial charge in [0.15, 0.2) is 0 Å². The van der Waals surface area contributed by atoms with E-state index in [0.717, 1.165) is 24.8 Å². The fraction of sp³-hybridized carbons (Fsp3) is 0.765. The first-order chi connectivity index (χ1) is 20.6. The van der Waals surface area contributed by atoms with Crippen LogP contribution in [0, 0.1) is 29.6 Å². The third-order valence-corrected chi connectivity index (χ3v) is 8.00. The third-order valence-electron chi connectivity index (χ3n) is 8.00. The van der Waals surface area contributed by atoms with Gasteiger partial charge in [-0.25, -0.2) is 4.79 Å². The summed E-state index contributed by atoms with van der Waals surface area (Å²) < 4.78 is 9.41. The Morgan fingerprint density at radius 3 is 2.00 bits per heavy atom. The van der Waals surface area contributed by atoms with Crippen LogP contribution in [0.4, 0.5) is 0 Å². The van der Waals surface area contributed by atoms with Crippen LogP contribution in [-0.2, 0) is 28.7 Å². The summed E-state index contributed by atoms with van der Waals surface area (Å²) in [4.78, 5) is 41.6. The van der Waals surface area contributed by atoms with Crippen LogP contribution in [0.2, 0.25) is 0 Å². The number of methoxy groups -OCH3 is 1. The highest BCUT2D eigenvalue weighted by molar-refractivity contribution is 5.79. The van der Waals surface area contributed by atoms with Crippen molar-refractivity contribution in [1.82, 2.24) is 0 Å². The lowest BCUT2D eigenvalue weighted by Crippen LogP contribution is -2.31. The topological polar surface area (TPSA) is 168 Å². The number of aliphatic carboxylic acids is 2. The van der Waals surface area contributed by atoms with Gasteiger partial charge in [0.05, 0.1) is 25.2 Å². The van der Waals surface area contributed by atoms with Crippen molar-refractivity contribution >= 4 is 24.4 Å². The van der Waals surface area contributed by atoms with Crippen molar-refractivity contribution in [2.45, 2.75) is 130 Å². The van der Waals surface area contributed by atoms with E-state index in [1.54, 1.807) is 6.08 Å². The van der Waals surface area contributed by atoms with E-state index in [1.807, 2.05) is 6.92 Å². The van der Waals surface area contributed by atoms with Gasteiger partial charge >= 0.3 is 17.9 Å². The molecule has 4 N–H and O–H groups in total. The summed E-state index contributed by atoms with van der Waals surface area (Å²) in [5, 5.41) is 37.5.